The summed E-state index contributed by atoms with van der Waals surface area (Å²) in [4.78, 5) is 23.6. The Hall–Kier alpha value is -1.60. The van der Waals surface area contributed by atoms with E-state index in [1.807, 2.05) is 0 Å². The van der Waals surface area contributed by atoms with Gasteiger partial charge in [-0.1, -0.05) is 0 Å². The summed E-state index contributed by atoms with van der Waals surface area (Å²) in [6.07, 6.45) is 0. The quantitative estimate of drug-likeness (QED) is 0.529. The fourth-order valence-corrected chi connectivity index (χ4v) is 0.983. The van der Waals surface area contributed by atoms with Gasteiger partial charge in [0.25, 0.3) is 5.91 Å². The van der Waals surface area contributed by atoms with Crippen molar-refractivity contribution in [3.05, 3.63) is 27.9 Å². The normalized spacial score (nSPS) is 11.4. The second-order valence-corrected chi connectivity index (χ2v) is 3.12. The van der Waals surface area contributed by atoms with Crippen LogP contribution in [-0.4, -0.2) is 28.4 Å². The van der Waals surface area contributed by atoms with Crippen LogP contribution in [0.3, 0.4) is 0 Å². The molecule has 1 aromatic rings. The van der Waals surface area contributed by atoms with Crippen molar-refractivity contribution in [2.45, 2.75) is 13.0 Å². The van der Waals surface area contributed by atoms with E-state index < -0.39 is 10.8 Å². The van der Waals surface area contributed by atoms with E-state index in [1.54, 1.807) is 6.92 Å². The lowest BCUT2D eigenvalue weighted by molar-refractivity contribution is -0.389. The van der Waals surface area contributed by atoms with Gasteiger partial charge in [0.1, 0.15) is 0 Å². The van der Waals surface area contributed by atoms with Crippen molar-refractivity contribution in [1.82, 2.24) is 10.3 Å². The number of nitro groups is 1. The number of rotatable bonds is 4. The van der Waals surface area contributed by atoms with Crippen molar-refractivity contribution in [3.8, 4) is 0 Å². The molecule has 16 heavy (non-hydrogen) atoms. The lowest BCUT2D eigenvalue weighted by Gasteiger charge is -2.08. The minimum absolute atomic E-state index is 0. The topological polar surface area (TPSA) is 114 Å². The molecule has 0 radical (unpaired) electrons. The molecule has 0 fully saturated rings. The molecular weight excluding hydrogens is 236 g/mol. The van der Waals surface area contributed by atoms with Gasteiger partial charge in [0.15, 0.2) is 5.69 Å². The van der Waals surface area contributed by atoms with Crippen molar-refractivity contribution in [3.63, 3.8) is 0 Å². The maximum atomic E-state index is 11.4. The van der Waals surface area contributed by atoms with Crippen molar-refractivity contribution >= 4 is 24.1 Å². The van der Waals surface area contributed by atoms with Gasteiger partial charge < -0.3 is 21.2 Å². The molecule has 0 aliphatic carbocycles. The second kappa shape index (κ2) is 6.09. The average molecular weight is 249 g/mol. The SMILES string of the molecule is C[C@H](CN)NC(=O)c1ccc([N+](=O)[O-])[nH]1.Cl. The largest absolute Gasteiger partial charge is 0.358 e. The van der Waals surface area contributed by atoms with Crippen LogP contribution in [0.15, 0.2) is 12.1 Å². The molecule has 0 spiro atoms. The minimum atomic E-state index is -0.594. The summed E-state index contributed by atoms with van der Waals surface area (Å²) >= 11 is 0. The van der Waals surface area contributed by atoms with Crippen LogP contribution in [0.1, 0.15) is 17.4 Å². The van der Waals surface area contributed by atoms with Gasteiger partial charge in [-0.05, 0) is 17.9 Å². The predicted molar refractivity (Wildman–Crippen MR) is 60.7 cm³/mol. The summed E-state index contributed by atoms with van der Waals surface area (Å²) in [6, 6.07) is 2.43. The van der Waals surface area contributed by atoms with Gasteiger partial charge in [0.2, 0.25) is 0 Å². The number of nitrogens with zero attached hydrogens (tertiary/aromatic N) is 1. The van der Waals surface area contributed by atoms with E-state index in [2.05, 4.69) is 10.3 Å². The van der Waals surface area contributed by atoms with Crippen LogP contribution in [-0.2, 0) is 0 Å². The number of amides is 1. The molecular formula is C8H13ClN4O3. The van der Waals surface area contributed by atoms with Crippen molar-refractivity contribution in [1.29, 1.82) is 0 Å². The highest BCUT2D eigenvalue weighted by Gasteiger charge is 2.16. The molecule has 1 amide bonds. The number of carbonyl (C=O) groups is 1. The Balaban J connectivity index is 0.00000225. The summed E-state index contributed by atoms with van der Waals surface area (Å²) in [5, 5.41) is 12.9. The Bertz CT molecular complexity index is 379. The summed E-state index contributed by atoms with van der Waals surface area (Å²) in [7, 11) is 0. The Kier molecular flexibility index (Phi) is 5.48. The molecule has 0 aromatic carbocycles. The lowest BCUT2D eigenvalue weighted by Crippen LogP contribution is -2.37. The van der Waals surface area contributed by atoms with E-state index in [0.717, 1.165) is 0 Å². The van der Waals surface area contributed by atoms with Gasteiger partial charge in [-0.3, -0.25) is 4.79 Å². The number of nitrogens with one attached hydrogen (secondary N) is 2. The Morgan fingerprint density at radius 3 is 2.75 bits per heavy atom. The maximum Gasteiger partial charge on any atom is 0.321 e. The van der Waals surface area contributed by atoms with Crippen molar-refractivity contribution in [2.24, 2.45) is 5.73 Å². The zero-order valence-electron chi connectivity index (χ0n) is 8.60. The van der Waals surface area contributed by atoms with E-state index >= 15 is 0 Å². The summed E-state index contributed by atoms with van der Waals surface area (Å²) < 4.78 is 0. The van der Waals surface area contributed by atoms with Gasteiger partial charge in [-0.15, -0.1) is 12.4 Å². The van der Waals surface area contributed by atoms with Crippen LogP contribution in [0.4, 0.5) is 5.82 Å². The Morgan fingerprint density at radius 2 is 2.31 bits per heavy atom. The Morgan fingerprint density at radius 1 is 1.69 bits per heavy atom. The van der Waals surface area contributed by atoms with E-state index in [0.29, 0.717) is 6.54 Å². The van der Waals surface area contributed by atoms with Gasteiger partial charge in [0, 0.05) is 18.7 Å². The first-order valence-electron chi connectivity index (χ1n) is 4.39. The summed E-state index contributed by atoms with van der Waals surface area (Å²) in [5.41, 5.74) is 5.47. The monoisotopic (exact) mass is 248 g/mol. The van der Waals surface area contributed by atoms with Crippen molar-refractivity contribution < 1.29 is 9.72 Å². The van der Waals surface area contributed by atoms with E-state index in [1.165, 1.54) is 12.1 Å². The predicted octanol–water partition coefficient (Wildman–Crippen LogP) is 0.422. The third-order valence-corrected chi connectivity index (χ3v) is 1.84. The molecule has 0 saturated carbocycles. The molecule has 4 N–H and O–H groups in total. The van der Waals surface area contributed by atoms with Crippen LogP contribution < -0.4 is 11.1 Å². The molecule has 0 aliphatic rings. The third kappa shape index (κ3) is 3.52. The first-order chi connectivity index (χ1) is 7.04. The number of H-pyrrole nitrogens is 1. The van der Waals surface area contributed by atoms with Gasteiger partial charge in [0.05, 0.1) is 0 Å². The molecule has 7 nitrogen and oxygen atoms in total. The average Bonchev–Trinajstić information content (AvgIpc) is 2.66. The van der Waals surface area contributed by atoms with Crippen LogP contribution in [0.25, 0.3) is 0 Å². The first-order valence-corrected chi connectivity index (χ1v) is 4.39. The molecule has 0 aliphatic heterocycles. The lowest BCUT2D eigenvalue weighted by atomic mass is 10.3. The van der Waals surface area contributed by atoms with Gasteiger partial charge in [-0.25, -0.2) is 4.98 Å². The molecule has 0 bridgehead atoms. The van der Waals surface area contributed by atoms with Crippen LogP contribution in [0.2, 0.25) is 0 Å². The highest BCUT2D eigenvalue weighted by Crippen LogP contribution is 2.09. The fraction of sp³-hybridized carbons (Fsp3) is 0.375. The standard InChI is InChI=1S/C8H12N4O3.ClH/c1-5(4-9)10-8(13)6-2-3-7(11-6)12(14)15;/h2-3,5,11H,4,9H2,1H3,(H,10,13);1H/t5-;/m1./s1. The number of nitrogens with two attached hydrogens (primary N) is 1. The molecule has 1 atom stereocenters. The number of aromatic nitrogens is 1. The maximum absolute atomic E-state index is 11.4. The summed E-state index contributed by atoms with van der Waals surface area (Å²) in [6.45, 7) is 2.06. The highest BCUT2D eigenvalue weighted by atomic mass is 35.5. The van der Waals surface area contributed by atoms with E-state index in [-0.39, 0.29) is 30.0 Å². The number of hydrogen-bond donors (Lipinski definition) is 3. The molecule has 90 valence electrons. The minimum Gasteiger partial charge on any atom is -0.358 e. The Labute approximate surface area is 98.0 Å². The van der Waals surface area contributed by atoms with Gasteiger partial charge in [-0.2, -0.15) is 0 Å². The zero-order valence-corrected chi connectivity index (χ0v) is 9.41. The smallest absolute Gasteiger partial charge is 0.321 e. The summed E-state index contributed by atoms with van der Waals surface area (Å²) in [5.74, 6) is -0.610. The van der Waals surface area contributed by atoms with E-state index in [4.69, 9.17) is 5.73 Å². The first kappa shape index (κ1) is 14.4. The number of aromatic amines is 1. The van der Waals surface area contributed by atoms with E-state index in [9.17, 15) is 14.9 Å². The van der Waals surface area contributed by atoms with Crippen LogP contribution >= 0.6 is 12.4 Å². The highest BCUT2D eigenvalue weighted by molar-refractivity contribution is 5.93. The van der Waals surface area contributed by atoms with Crippen LogP contribution in [0, 0.1) is 10.1 Å². The number of halogens is 1. The molecule has 1 heterocycles. The van der Waals surface area contributed by atoms with Crippen molar-refractivity contribution in [2.75, 3.05) is 6.54 Å². The fourth-order valence-electron chi connectivity index (χ4n) is 0.983. The molecule has 0 saturated heterocycles. The number of carbonyl (C=O) groups excluding carboxylic acids is 1. The molecule has 8 heteroatoms. The molecule has 0 unspecified atom stereocenters. The third-order valence-electron chi connectivity index (χ3n) is 1.84. The van der Waals surface area contributed by atoms with Gasteiger partial charge >= 0.3 is 5.82 Å². The number of hydrogen-bond acceptors (Lipinski definition) is 4. The zero-order chi connectivity index (χ0) is 11.4. The molecule has 1 aromatic heterocycles. The second-order valence-electron chi connectivity index (χ2n) is 3.12. The van der Waals surface area contributed by atoms with Crippen LogP contribution in [0.5, 0.6) is 0 Å². The molecule has 1 rings (SSSR count).